The van der Waals surface area contributed by atoms with Crippen LogP contribution >= 0.6 is 0 Å². The van der Waals surface area contributed by atoms with Gasteiger partial charge in [0.1, 0.15) is 0 Å². The van der Waals surface area contributed by atoms with E-state index in [4.69, 9.17) is 18.9 Å². The molecule has 3 aromatic rings. The SMILES string of the molecule is CCOc1cc(/C=N/NC(=O)c2ccc3c(c2)OCO3)ccc1Oc1ccc([N+](=O)[O-])cc1[N+](=O)[O-]. The number of rotatable bonds is 9. The molecule has 1 N–H and O–H groups in total. The van der Waals surface area contributed by atoms with Crippen molar-refractivity contribution >= 4 is 23.5 Å². The molecular weight excluding hydrogens is 476 g/mol. The maximum atomic E-state index is 12.4. The number of carbonyl (C=O) groups is 1. The van der Waals surface area contributed by atoms with Crippen LogP contribution in [0.4, 0.5) is 11.4 Å². The number of amides is 1. The van der Waals surface area contributed by atoms with Crippen LogP contribution in [0.1, 0.15) is 22.8 Å². The van der Waals surface area contributed by atoms with Gasteiger partial charge >= 0.3 is 5.69 Å². The van der Waals surface area contributed by atoms with Gasteiger partial charge in [-0.05, 0) is 55.0 Å². The van der Waals surface area contributed by atoms with Gasteiger partial charge in [-0.15, -0.1) is 0 Å². The molecule has 0 unspecified atom stereocenters. The second-order valence-electron chi connectivity index (χ2n) is 7.17. The van der Waals surface area contributed by atoms with Crippen LogP contribution in [0.15, 0.2) is 59.7 Å². The van der Waals surface area contributed by atoms with Crippen LogP contribution in [0.2, 0.25) is 0 Å². The zero-order chi connectivity index (χ0) is 25.7. The molecule has 0 radical (unpaired) electrons. The van der Waals surface area contributed by atoms with Gasteiger partial charge in [0.05, 0.1) is 28.7 Å². The van der Waals surface area contributed by atoms with Gasteiger partial charge < -0.3 is 18.9 Å². The van der Waals surface area contributed by atoms with Crippen LogP contribution in [0, 0.1) is 20.2 Å². The van der Waals surface area contributed by atoms with Crippen LogP contribution in [-0.2, 0) is 0 Å². The Morgan fingerprint density at radius 3 is 2.53 bits per heavy atom. The van der Waals surface area contributed by atoms with Gasteiger partial charge in [-0.25, -0.2) is 5.43 Å². The van der Waals surface area contributed by atoms with Crippen LogP contribution in [0.25, 0.3) is 0 Å². The molecule has 1 aliphatic rings. The number of hydrogen-bond acceptors (Lipinski definition) is 10. The molecule has 36 heavy (non-hydrogen) atoms. The third-order valence-corrected chi connectivity index (χ3v) is 4.85. The molecule has 0 saturated carbocycles. The van der Waals surface area contributed by atoms with Crippen molar-refractivity contribution in [3.05, 3.63) is 86.0 Å². The smallest absolute Gasteiger partial charge is 0.318 e. The number of nitrogens with zero attached hydrogens (tertiary/aromatic N) is 3. The van der Waals surface area contributed by atoms with E-state index in [0.29, 0.717) is 22.6 Å². The van der Waals surface area contributed by atoms with Gasteiger partial charge in [0.15, 0.2) is 23.0 Å². The van der Waals surface area contributed by atoms with Gasteiger partial charge in [-0.2, -0.15) is 5.10 Å². The number of ether oxygens (including phenoxy) is 4. The Labute approximate surface area is 203 Å². The highest BCUT2D eigenvalue weighted by molar-refractivity contribution is 5.95. The minimum absolute atomic E-state index is 0.0952. The summed E-state index contributed by atoms with van der Waals surface area (Å²) in [5.74, 6) is 0.771. The summed E-state index contributed by atoms with van der Waals surface area (Å²) < 4.78 is 21.7. The number of hydrazone groups is 1. The maximum absolute atomic E-state index is 12.4. The van der Waals surface area contributed by atoms with Crippen LogP contribution in [0.5, 0.6) is 28.7 Å². The van der Waals surface area contributed by atoms with Crippen molar-refractivity contribution in [2.45, 2.75) is 6.92 Å². The Hall–Kier alpha value is -5.20. The highest BCUT2D eigenvalue weighted by atomic mass is 16.7. The molecule has 1 heterocycles. The Morgan fingerprint density at radius 2 is 1.78 bits per heavy atom. The minimum Gasteiger partial charge on any atom is -0.490 e. The lowest BCUT2D eigenvalue weighted by Crippen LogP contribution is -2.17. The monoisotopic (exact) mass is 494 g/mol. The molecule has 184 valence electrons. The Balaban J connectivity index is 1.50. The number of hydrogen-bond donors (Lipinski definition) is 1. The van der Waals surface area contributed by atoms with E-state index in [0.717, 1.165) is 18.2 Å². The van der Waals surface area contributed by atoms with E-state index >= 15 is 0 Å². The van der Waals surface area contributed by atoms with Crippen molar-refractivity contribution in [1.82, 2.24) is 5.43 Å². The summed E-state index contributed by atoms with van der Waals surface area (Å²) in [5, 5.41) is 26.3. The number of nitrogens with one attached hydrogen (secondary N) is 1. The normalized spacial score (nSPS) is 11.8. The van der Waals surface area contributed by atoms with E-state index < -0.39 is 27.1 Å². The van der Waals surface area contributed by atoms with Crippen molar-refractivity contribution in [3.63, 3.8) is 0 Å². The minimum atomic E-state index is -0.771. The predicted molar refractivity (Wildman–Crippen MR) is 125 cm³/mol. The molecule has 1 amide bonds. The molecule has 0 spiro atoms. The standard InChI is InChI=1S/C23H18N4O9/c1-2-33-21-9-14(12-24-25-23(28)15-4-7-19-22(10-15)35-13-34-19)3-6-20(21)36-18-8-5-16(26(29)30)11-17(18)27(31)32/h3-12H,2,13H2,1H3,(H,25,28)/b24-12+. The molecule has 13 heteroatoms. The molecule has 4 rings (SSSR count). The van der Waals surface area contributed by atoms with Crippen molar-refractivity contribution < 1.29 is 33.6 Å². The van der Waals surface area contributed by atoms with Crippen molar-refractivity contribution in [1.29, 1.82) is 0 Å². The third-order valence-electron chi connectivity index (χ3n) is 4.85. The first-order chi connectivity index (χ1) is 17.4. The number of nitro groups is 2. The summed E-state index contributed by atoms with van der Waals surface area (Å²) in [6, 6.07) is 12.5. The molecular formula is C23H18N4O9. The lowest BCUT2D eigenvalue weighted by Gasteiger charge is -2.12. The van der Waals surface area contributed by atoms with Crippen LogP contribution in [-0.4, -0.2) is 35.4 Å². The van der Waals surface area contributed by atoms with Crippen molar-refractivity contribution in [3.8, 4) is 28.7 Å². The maximum Gasteiger partial charge on any atom is 0.318 e. The second kappa shape index (κ2) is 10.4. The third kappa shape index (κ3) is 5.30. The fourth-order valence-corrected chi connectivity index (χ4v) is 3.19. The summed E-state index contributed by atoms with van der Waals surface area (Å²) in [4.78, 5) is 33.2. The molecule has 0 aliphatic carbocycles. The lowest BCUT2D eigenvalue weighted by atomic mass is 10.2. The number of fused-ring (bicyclic) bond motifs is 1. The quantitative estimate of drug-likeness (QED) is 0.261. The zero-order valence-corrected chi connectivity index (χ0v) is 18.7. The van der Waals surface area contributed by atoms with E-state index in [1.54, 1.807) is 37.3 Å². The van der Waals surface area contributed by atoms with E-state index in [9.17, 15) is 25.0 Å². The number of benzene rings is 3. The Bertz CT molecular complexity index is 1370. The van der Waals surface area contributed by atoms with E-state index in [1.807, 2.05) is 0 Å². The fraction of sp³-hybridized carbons (Fsp3) is 0.130. The van der Waals surface area contributed by atoms with E-state index in [1.165, 1.54) is 12.3 Å². The molecule has 1 aliphatic heterocycles. The Morgan fingerprint density at radius 1 is 1.00 bits per heavy atom. The van der Waals surface area contributed by atoms with Gasteiger partial charge in [0, 0.05) is 11.6 Å². The van der Waals surface area contributed by atoms with Gasteiger partial charge in [-0.3, -0.25) is 25.0 Å². The largest absolute Gasteiger partial charge is 0.490 e. The van der Waals surface area contributed by atoms with Crippen molar-refractivity contribution in [2.75, 3.05) is 13.4 Å². The summed E-state index contributed by atoms with van der Waals surface area (Å²) in [6.45, 7) is 2.10. The van der Waals surface area contributed by atoms with E-state index in [-0.39, 0.29) is 30.6 Å². The number of nitro benzene ring substituents is 2. The van der Waals surface area contributed by atoms with Gasteiger partial charge in [0.2, 0.25) is 12.5 Å². The first kappa shape index (κ1) is 23.9. The van der Waals surface area contributed by atoms with Gasteiger partial charge in [0.25, 0.3) is 11.6 Å². The number of non-ortho nitro benzene ring substituents is 1. The Kier molecular flexibility index (Phi) is 6.90. The fourth-order valence-electron chi connectivity index (χ4n) is 3.19. The average molecular weight is 494 g/mol. The summed E-state index contributed by atoms with van der Waals surface area (Å²) >= 11 is 0. The van der Waals surface area contributed by atoms with Crippen molar-refractivity contribution in [2.24, 2.45) is 5.10 Å². The van der Waals surface area contributed by atoms with E-state index in [2.05, 4.69) is 10.5 Å². The second-order valence-corrected chi connectivity index (χ2v) is 7.17. The highest BCUT2D eigenvalue weighted by Crippen LogP contribution is 2.38. The topological polar surface area (TPSA) is 165 Å². The predicted octanol–water partition coefficient (Wildman–Crippen LogP) is 4.19. The lowest BCUT2D eigenvalue weighted by molar-refractivity contribution is -0.394. The average Bonchev–Trinajstić information content (AvgIpc) is 3.33. The first-order valence-corrected chi connectivity index (χ1v) is 10.5. The summed E-state index contributed by atoms with van der Waals surface area (Å²) in [6.07, 6.45) is 1.38. The zero-order valence-electron chi connectivity index (χ0n) is 18.7. The molecule has 0 aromatic heterocycles. The molecule has 3 aromatic carbocycles. The molecule has 0 bridgehead atoms. The molecule has 13 nitrogen and oxygen atoms in total. The highest BCUT2D eigenvalue weighted by Gasteiger charge is 2.22. The van der Waals surface area contributed by atoms with Crippen LogP contribution < -0.4 is 24.4 Å². The number of carbonyl (C=O) groups excluding carboxylic acids is 1. The molecule has 0 atom stereocenters. The first-order valence-electron chi connectivity index (χ1n) is 10.5. The molecule has 0 fully saturated rings. The van der Waals surface area contributed by atoms with Crippen LogP contribution in [0.3, 0.4) is 0 Å². The summed E-state index contributed by atoms with van der Waals surface area (Å²) in [5.41, 5.74) is 2.28. The molecule has 0 saturated heterocycles. The van der Waals surface area contributed by atoms with Gasteiger partial charge in [-0.1, -0.05) is 0 Å². The summed E-state index contributed by atoms with van der Waals surface area (Å²) in [7, 11) is 0.